The topological polar surface area (TPSA) is 43.1 Å². The quantitative estimate of drug-likeness (QED) is 0.748. The summed E-state index contributed by atoms with van der Waals surface area (Å²) in [5.41, 5.74) is 9.06. The highest BCUT2D eigenvalue weighted by Gasteiger charge is 2.33. The zero-order chi connectivity index (χ0) is 12.5. The lowest BCUT2D eigenvalue weighted by Gasteiger charge is -2.27. The van der Waals surface area contributed by atoms with E-state index < -0.39 is 0 Å². The molecule has 0 fully saturated rings. The number of hydrogen-bond acceptors (Lipinski definition) is 1. The summed E-state index contributed by atoms with van der Waals surface area (Å²) in [7, 11) is 0. The van der Waals surface area contributed by atoms with Crippen molar-refractivity contribution in [2.75, 3.05) is 0 Å². The van der Waals surface area contributed by atoms with E-state index in [9.17, 15) is 4.79 Å². The summed E-state index contributed by atoms with van der Waals surface area (Å²) in [6.07, 6.45) is 19.3. The first kappa shape index (κ1) is 11.0. The first-order valence-corrected chi connectivity index (χ1v) is 6.19. The summed E-state index contributed by atoms with van der Waals surface area (Å²) in [6.45, 7) is 0. The van der Waals surface area contributed by atoms with Gasteiger partial charge in [0.1, 0.15) is 0 Å². The predicted octanol–water partition coefficient (Wildman–Crippen LogP) is 2.58. The van der Waals surface area contributed by atoms with E-state index in [0.29, 0.717) is 0 Å². The van der Waals surface area contributed by atoms with Crippen molar-refractivity contribution in [3.8, 4) is 0 Å². The number of nitrogens with two attached hydrogens (primary N) is 1. The summed E-state index contributed by atoms with van der Waals surface area (Å²) in [4.78, 5) is 11.9. The fourth-order valence-electron chi connectivity index (χ4n) is 2.82. The average molecular weight is 237 g/mol. The monoisotopic (exact) mass is 237 g/mol. The molecule has 18 heavy (non-hydrogen) atoms. The Hall–Kier alpha value is -2.09. The van der Waals surface area contributed by atoms with Crippen LogP contribution < -0.4 is 5.73 Å². The number of hydrogen-bond donors (Lipinski definition) is 1. The van der Waals surface area contributed by atoms with Crippen LogP contribution in [0, 0.1) is 11.8 Å². The van der Waals surface area contributed by atoms with Crippen molar-refractivity contribution < 1.29 is 4.79 Å². The van der Waals surface area contributed by atoms with Crippen molar-refractivity contribution in [3.63, 3.8) is 0 Å². The Morgan fingerprint density at radius 2 is 2.06 bits per heavy atom. The van der Waals surface area contributed by atoms with Gasteiger partial charge in [-0.25, -0.2) is 0 Å². The number of allylic oxidation sites excluding steroid dienone is 11. The second-order valence-corrected chi connectivity index (χ2v) is 4.76. The zero-order valence-corrected chi connectivity index (χ0v) is 10.0. The van der Waals surface area contributed by atoms with E-state index in [1.165, 1.54) is 5.57 Å². The third-order valence-electron chi connectivity index (χ3n) is 3.70. The average Bonchev–Trinajstić information content (AvgIpc) is 2.55. The van der Waals surface area contributed by atoms with E-state index in [1.54, 1.807) is 0 Å². The lowest BCUT2D eigenvalue weighted by Crippen LogP contribution is -2.32. The fraction of sp³-hybridized carbons (Fsp3) is 0.188. The largest absolute Gasteiger partial charge is 0.369 e. The molecular weight excluding hydrogens is 222 g/mol. The van der Waals surface area contributed by atoms with Crippen molar-refractivity contribution in [2.45, 2.75) is 6.42 Å². The van der Waals surface area contributed by atoms with Gasteiger partial charge in [-0.15, -0.1) is 0 Å². The van der Waals surface area contributed by atoms with E-state index in [4.69, 9.17) is 5.73 Å². The van der Waals surface area contributed by atoms with Gasteiger partial charge in [-0.2, -0.15) is 0 Å². The number of carbonyl (C=O) groups excluding carboxylic acids is 1. The van der Waals surface area contributed by atoms with Gasteiger partial charge >= 0.3 is 0 Å². The molecule has 0 bridgehead atoms. The van der Waals surface area contributed by atoms with Crippen LogP contribution in [0.4, 0.5) is 0 Å². The molecule has 0 aromatic carbocycles. The highest BCUT2D eigenvalue weighted by atomic mass is 16.1. The molecule has 2 nitrogen and oxygen atoms in total. The summed E-state index contributed by atoms with van der Waals surface area (Å²) >= 11 is 0. The van der Waals surface area contributed by atoms with E-state index in [0.717, 1.165) is 17.6 Å². The molecule has 3 aliphatic carbocycles. The Bertz CT molecular complexity index is 564. The number of primary amides is 1. The number of carbonyl (C=O) groups is 1. The molecule has 0 spiro atoms. The van der Waals surface area contributed by atoms with Crippen molar-refractivity contribution in [1.29, 1.82) is 0 Å². The molecule has 0 heterocycles. The highest BCUT2D eigenvalue weighted by Crippen LogP contribution is 2.39. The molecule has 1 amide bonds. The van der Waals surface area contributed by atoms with E-state index >= 15 is 0 Å². The summed E-state index contributed by atoms with van der Waals surface area (Å²) in [5.74, 6) is -0.435. The molecule has 0 saturated heterocycles. The van der Waals surface area contributed by atoms with Gasteiger partial charge < -0.3 is 5.73 Å². The first-order chi connectivity index (χ1) is 8.77. The molecule has 2 atom stereocenters. The molecular formula is C16H15NO. The Morgan fingerprint density at radius 1 is 1.17 bits per heavy atom. The normalized spacial score (nSPS) is 28.6. The SMILES string of the molecule is NC(=O)C1C2=CC=CCC2=CC=C2C=CC=CC21. The van der Waals surface area contributed by atoms with Crippen LogP contribution >= 0.6 is 0 Å². The Morgan fingerprint density at radius 3 is 2.89 bits per heavy atom. The maximum absolute atomic E-state index is 11.9. The van der Waals surface area contributed by atoms with Gasteiger partial charge in [-0.1, -0.05) is 54.7 Å². The van der Waals surface area contributed by atoms with E-state index in [-0.39, 0.29) is 17.7 Å². The van der Waals surface area contributed by atoms with Crippen molar-refractivity contribution in [2.24, 2.45) is 17.6 Å². The van der Waals surface area contributed by atoms with Gasteiger partial charge in [-0.05, 0) is 23.1 Å². The number of fused-ring (bicyclic) bond motifs is 2. The molecule has 90 valence electrons. The van der Waals surface area contributed by atoms with Gasteiger partial charge in [0, 0.05) is 5.92 Å². The van der Waals surface area contributed by atoms with Gasteiger partial charge in [0.25, 0.3) is 0 Å². The smallest absolute Gasteiger partial charge is 0.225 e. The summed E-state index contributed by atoms with van der Waals surface area (Å²) in [6, 6.07) is 0. The second-order valence-electron chi connectivity index (χ2n) is 4.76. The minimum Gasteiger partial charge on any atom is -0.369 e. The Kier molecular flexibility index (Phi) is 2.63. The molecule has 3 aliphatic rings. The lowest BCUT2D eigenvalue weighted by molar-refractivity contribution is -0.121. The van der Waals surface area contributed by atoms with Crippen LogP contribution in [-0.2, 0) is 4.79 Å². The molecule has 0 aromatic heterocycles. The summed E-state index contributed by atoms with van der Waals surface area (Å²) in [5, 5.41) is 0. The van der Waals surface area contributed by atoms with Gasteiger partial charge in [0.2, 0.25) is 5.91 Å². The molecule has 2 heteroatoms. The maximum Gasteiger partial charge on any atom is 0.225 e. The van der Waals surface area contributed by atoms with Gasteiger partial charge in [-0.3, -0.25) is 4.79 Å². The zero-order valence-electron chi connectivity index (χ0n) is 10.0. The third-order valence-corrected chi connectivity index (χ3v) is 3.70. The second kappa shape index (κ2) is 4.30. The van der Waals surface area contributed by atoms with Crippen LogP contribution in [0.2, 0.25) is 0 Å². The minimum absolute atomic E-state index is 0.0685. The van der Waals surface area contributed by atoms with Crippen molar-refractivity contribution >= 4 is 5.91 Å². The first-order valence-electron chi connectivity index (χ1n) is 6.19. The molecule has 2 N–H and O–H groups in total. The lowest BCUT2D eigenvalue weighted by atomic mass is 9.76. The molecule has 2 unspecified atom stereocenters. The van der Waals surface area contributed by atoms with Crippen LogP contribution in [0.15, 0.2) is 71.4 Å². The molecule has 3 rings (SSSR count). The van der Waals surface area contributed by atoms with E-state index in [2.05, 4.69) is 30.4 Å². The van der Waals surface area contributed by atoms with Gasteiger partial charge in [0.05, 0.1) is 5.92 Å². The maximum atomic E-state index is 11.9. The predicted molar refractivity (Wildman–Crippen MR) is 72.5 cm³/mol. The van der Waals surface area contributed by atoms with Crippen LogP contribution in [-0.4, -0.2) is 5.91 Å². The van der Waals surface area contributed by atoms with Crippen LogP contribution in [0.3, 0.4) is 0 Å². The van der Waals surface area contributed by atoms with Crippen molar-refractivity contribution in [1.82, 2.24) is 0 Å². The van der Waals surface area contributed by atoms with Crippen LogP contribution in [0.1, 0.15) is 6.42 Å². The Balaban J connectivity index is 2.14. The van der Waals surface area contributed by atoms with Crippen LogP contribution in [0.25, 0.3) is 0 Å². The Labute approximate surface area is 107 Å². The minimum atomic E-state index is -0.254. The number of amides is 1. The fourth-order valence-corrected chi connectivity index (χ4v) is 2.82. The van der Waals surface area contributed by atoms with Crippen molar-refractivity contribution in [3.05, 3.63) is 71.4 Å². The molecule has 0 radical (unpaired) electrons. The summed E-state index contributed by atoms with van der Waals surface area (Å²) < 4.78 is 0. The molecule has 0 aliphatic heterocycles. The standard InChI is InChI=1S/C16H15NO/c17-16(18)15-13-7-3-1-5-11(13)9-10-12-6-2-4-8-14(12)15/h1-5,7-10,13,15H,6H2,(H2,17,18). The third kappa shape index (κ3) is 1.70. The highest BCUT2D eigenvalue weighted by molar-refractivity contribution is 5.83. The van der Waals surface area contributed by atoms with Crippen LogP contribution in [0.5, 0.6) is 0 Å². The molecule has 0 saturated carbocycles. The number of rotatable bonds is 1. The van der Waals surface area contributed by atoms with Gasteiger partial charge in [0.15, 0.2) is 0 Å². The molecule has 0 aromatic rings. The van der Waals surface area contributed by atoms with E-state index in [1.807, 2.05) is 24.3 Å².